The largest absolute Gasteiger partial charge is 0.375 e. The molecular formula is C9H17N3O. The van der Waals surface area contributed by atoms with Crippen LogP contribution in [0.4, 0.5) is 0 Å². The molecule has 13 heavy (non-hydrogen) atoms. The van der Waals surface area contributed by atoms with Crippen LogP contribution in [-0.2, 0) is 4.74 Å². The minimum Gasteiger partial charge on any atom is -0.375 e. The highest BCUT2D eigenvalue weighted by molar-refractivity contribution is 5.75. The Morgan fingerprint density at radius 3 is 2.69 bits per heavy atom. The molecule has 74 valence electrons. The summed E-state index contributed by atoms with van der Waals surface area (Å²) >= 11 is 0. The Morgan fingerprint density at radius 2 is 2.23 bits per heavy atom. The van der Waals surface area contributed by atoms with Gasteiger partial charge in [-0.3, -0.25) is 4.99 Å². The van der Waals surface area contributed by atoms with E-state index in [4.69, 9.17) is 16.2 Å². The van der Waals surface area contributed by atoms with Crippen LogP contribution < -0.4 is 11.5 Å². The Hall–Kier alpha value is -0.770. The van der Waals surface area contributed by atoms with Gasteiger partial charge in [0.25, 0.3) is 0 Å². The molecule has 0 aliphatic carbocycles. The lowest BCUT2D eigenvalue weighted by Crippen LogP contribution is -2.31. The summed E-state index contributed by atoms with van der Waals surface area (Å²) in [4.78, 5) is 4.17. The summed E-state index contributed by atoms with van der Waals surface area (Å²) in [6.45, 7) is 2.06. The van der Waals surface area contributed by atoms with Gasteiger partial charge in [-0.25, -0.2) is 0 Å². The molecule has 0 aromatic heterocycles. The van der Waals surface area contributed by atoms with Crippen LogP contribution >= 0.6 is 0 Å². The minimum absolute atomic E-state index is 0.190. The topological polar surface area (TPSA) is 73.6 Å². The van der Waals surface area contributed by atoms with Crippen LogP contribution in [0, 0.1) is 5.92 Å². The average molecular weight is 183 g/mol. The lowest BCUT2D eigenvalue weighted by molar-refractivity contribution is 0.0896. The zero-order chi connectivity index (χ0) is 9.42. The van der Waals surface area contributed by atoms with Crippen molar-refractivity contribution >= 4 is 5.96 Å². The number of rotatable bonds is 2. The molecule has 4 atom stereocenters. The second kappa shape index (κ2) is 3.18. The molecule has 2 bridgehead atoms. The highest BCUT2D eigenvalue weighted by atomic mass is 16.5. The molecule has 2 aliphatic heterocycles. The van der Waals surface area contributed by atoms with E-state index >= 15 is 0 Å². The van der Waals surface area contributed by atoms with Gasteiger partial charge in [-0.15, -0.1) is 0 Å². The van der Waals surface area contributed by atoms with Crippen LogP contribution in [0.1, 0.15) is 26.2 Å². The molecule has 0 spiro atoms. The third-order valence-electron chi connectivity index (χ3n) is 3.13. The van der Waals surface area contributed by atoms with Crippen LogP contribution in [0.3, 0.4) is 0 Å². The van der Waals surface area contributed by atoms with Crippen molar-refractivity contribution < 1.29 is 4.74 Å². The maximum atomic E-state index is 5.74. The van der Waals surface area contributed by atoms with E-state index in [2.05, 4.69) is 11.9 Å². The van der Waals surface area contributed by atoms with Gasteiger partial charge in [0.05, 0.1) is 18.2 Å². The van der Waals surface area contributed by atoms with Crippen molar-refractivity contribution in [1.29, 1.82) is 0 Å². The summed E-state index contributed by atoms with van der Waals surface area (Å²) in [7, 11) is 0. The van der Waals surface area contributed by atoms with Crippen LogP contribution in [0.15, 0.2) is 4.99 Å². The first kappa shape index (κ1) is 8.81. The van der Waals surface area contributed by atoms with Gasteiger partial charge in [0.2, 0.25) is 0 Å². The van der Waals surface area contributed by atoms with Gasteiger partial charge in [-0.2, -0.15) is 0 Å². The standard InChI is InChI=1S/C9H17N3O/c1-5(12-9(10)11)7-4-6-2-3-8(7)13-6/h5-8H,2-4H2,1H3,(H4,10,11,12). The molecule has 4 unspecified atom stereocenters. The quantitative estimate of drug-likeness (QED) is 0.475. The van der Waals surface area contributed by atoms with E-state index in [1.54, 1.807) is 0 Å². The molecule has 0 aromatic carbocycles. The van der Waals surface area contributed by atoms with E-state index in [0.29, 0.717) is 18.1 Å². The summed E-state index contributed by atoms with van der Waals surface area (Å²) in [5.74, 6) is 0.719. The van der Waals surface area contributed by atoms with E-state index in [0.717, 1.165) is 6.42 Å². The maximum absolute atomic E-state index is 5.74. The van der Waals surface area contributed by atoms with Gasteiger partial charge in [0.15, 0.2) is 5.96 Å². The summed E-state index contributed by atoms with van der Waals surface area (Å²) in [6.07, 6.45) is 4.41. The average Bonchev–Trinajstić information content (AvgIpc) is 2.62. The molecular weight excluding hydrogens is 166 g/mol. The monoisotopic (exact) mass is 183 g/mol. The van der Waals surface area contributed by atoms with Gasteiger partial charge in [-0.05, 0) is 26.2 Å². The number of hydrogen-bond donors (Lipinski definition) is 2. The second-order valence-corrected chi connectivity index (χ2v) is 4.07. The number of hydrogen-bond acceptors (Lipinski definition) is 2. The molecule has 4 N–H and O–H groups in total. The Labute approximate surface area is 78.3 Å². The van der Waals surface area contributed by atoms with E-state index in [1.807, 2.05) is 0 Å². The van der Waals surface area contributed by atoms with Gasteiger partial charge in [-0.1, -0.05) is 0 Å². The molecule has 2 fully saturated rings. The summed E-state index contributed by atoms with van der Waals surface area (Å²) in [5, 5.41) is 0. The molecule has 0 aromatic rings. The number of ether oxygens (including phenoxy) is 1. The number of guanidine groups is 1. The van der Waals surface area contributed by atoms with Gasteiger partial charge in [0, 0.05) is 5.92 Å². The van der Waals surface area contributed by atoms with E-state index in [-0.39, 0.29) is 12.0 Å². The zero-order valence-corrected chi connectivity index (χ0v) is 7.94. The lowest BCUT2D eigenvalue weighted by Gasteiger charge is -2.22. The molecule has 4 nitrogen and oxygen atoms in total. The molecule has 0 saturated carbocycles. The van der Waals surface area contributed by atoms with Crippen molar-refractivity contribution in [2.45, 2.75) is 44.4 Å². The molecule has 4 heteroatoms. The van der Waals surface area contributed by atoms with Crippen LogP contribution in [0.5, 0.6) is 0 Å². The number of nitrogens with zero attached hydrogens (tertiary/aromatic N) is 1. The predicted molar refractivity (Wildman–Crippen MR) is 51.3 cm³/mol. The first-order valence-electron chi connectivity index (χ1n) is 4.91. The van der Waals surface area contributed by atoms with E-state index < -0.39 is 0 Å². The molecule has 2 heterocycles. The Morgan fingerprint density at radius 1 is 1.46 bits per heavy atom. The SMILES string of the molecule is CC(N=C(N)N)C1CC2CCC1O2. The van der Waals surface area contributed by atoms with Gasteiger partial charge >= 0.3 is 0 Å². The normalized spacial score (nSPS) is 39.0. The predicted octanol–water partition coefficient (Wildman–Crippen LogP) is 0.216. The summed E-state index contributed by atoms with van der Waals surface area (Å²) in [6, 6.07) is 0.209. The van der Waals surface area contributed by atoms with E-state index in [9.17, 15) is 0 Å². The fraction of sp³-hybridized carbons (Fsp3) is 0.889. The first-order chi connectivity index (χ1) is 6.16. The van der Waals surface area contributed by atoms with Crippen molar-refractivity contribution in [3.63, 3.8) is 0 Å². The second-order valence-electron chi connectivity index (χ2n) is 4.07. The molecule has 2 saturated heterocycles. The van der Waals surface area contributed by atoms with Crippen molar-refractivity contribution in [3.05, 3.63) is 0 Å². The zero-order valence-electron chi connectivity index (χ0n) is 7.94. The van der Waals surface area contributed by atoms with E-state index in [1.165, 1.54) is 12.8 Å². The first-order valence-corrected chi connectivity index (χ1v) is 4.91. The highest BCUT2D eigenvalue weighted by Gasteiger charge is 2.43. The Bertz CT molecular complexity index is 225. The number of nitrogens with two attached hydrogens (primary N) is 2. The van der Waals surface area contributed by atoms with Crippen LogP contribution in [0.25, 0.3) is 0 Å². The number of fused-ring (bicyclic) bond motifs is 2. The summed E-state index contributed by atoms with van der Waals surface area (Å²) < 4.78 is 5.74. The van der Waals surface area contributed by atoms with Crippen molar-refractivity contribution in [2.24, 2.45) is 22.4 Å². The van der Waals surface area contributed by atoms with Gasteiger partial charge < -0.3 is 16.2 Å². The molecule has 2 rings (SSSR count). The Balaban J connectivity index is 1.98. The number of aliphatic imine (C=N–C) groups is 1. The Kier molecular flexibility index (Phi) is 2.15. The molecule has 0 amide bonds. The van der Waals surface area contributed by atoms with Crippen LogP contribution in [0.2, 0.25) is 0 Å². The fourth-order valence-electron chi connectivity index (χ4n) is 2.52. The third kappa shape index (κ3) is 1.63. The maximum Gasteiger partial charge on any atom is 0.186 e. The summed E-state index contributed by atoms with van der Waals surface area (Å²) in [5.41, 5.74) is 10.7. The van der Waals surface area contributed by atoms with Crippen molar-refractivity contribution in [1.82, 2.24) is 0 Å². The molecule has 0 radical (unpaired) electrons. The van der Waals surface area contributed by atoms with Gasteiger partial charge in [0.1, 0.15) is 0 Å². The fourth-order valence-corrected chi connectivity index (χ4v) is 2.52. The highest BCUT2D eigenvalue weighted by Crippen LogP contribution is 2.40. The minimum atomic E-state index is 0.190. The lowest BCUT2D eigenvalue weighted by atomic mass is 9.85. The molecule has 2 aliphatic rings. The third-order valence-corrected chi connectivity index (χ3v) is 3.13. The van der Waals surface area contributed by atoms with Crippen molar-refractivity contribution in [2.75, 3.05) is 0 Å². The van der Waals surface area contributed by atoms with Crippen LogP contribution in [-0.4, -0.2) is 24.2 Å². The smallest absolute Gasteiger partial charge is 0.186 e. The van der Waals surface area contributed by atoms with Crippen molar-refractivity contribution in [3.8, 4) is 0 Å².